The lowest BCUT2D eigenvalue weighted by Crippen LogP contribution is -2.04. The molecule has 0 spiro atoms. The van der Waals surface area contributed by atoms with Crippen LogP contribution >= 0.6 is 0 Å². The van der Waals surface area contributed by atoms with E-state index >= 15 is 0 Å². The molecule has 4 aromatic carbocycles. The fourth-order valence-corrected chi connectivity index (χ4v) is 5.48. The maximum absolute atomic E-state index is 6.47. The molecule has 3 aromatic heterocycles. The number of hydrogen-bond acceptors (Lipinski definition) is 3. The number of pyridine rings is 1. The van der Waals surface area contributed by atoms with Crippen LogP contribution in [0.1, 0.15) is 30.9 Å². The van der Waals surface area contributed by atoms with E-state index in [2.05, 4.69) is 115 Å². The summed E-state index contributed by atoms with van der Waals surface area (Å²) in [7, 11) is 0. The van der Waals surface area contributed by atoms with E-state index in [1.165, 1.54) is 22.3 Å². The molecule has 184 valence electrons. The van der Waals surface area contributed by atoms with Crippen molar-refractivity contribution in [1.29, 1.82) is 0 Å². The van der Waals surface area contributed by atoms with Crippen LogP contribution in [0.25, 0.3) is 61.2 Å². The summed E-state index contributed by atoms with van der Waals surface area (Å²) in [4.78, 5) is 9.49. The topological polar surface area (TPSA) is 43.9 Å². The number of nitrogens with zero attached hydrogens (tertiary/aromatic N) is 3. The lowest BCUT2D eigenvalue weighted by Gasteiger charge is -2.18. The number of hydrogen-bond donors (Lipinski definition) is 0. The molecule has 0 saturated carbocycles. The van der Waals surface area contributed by atoms with Crippen LogP contribution in [0, 0.1) is 6.92 Å². The highest BCUT2D eigenvalue weighted by Crippen LogP contribution is 2.39. The second-order valence-electron chi connectivity index (χ2n) is 10.2. The second kappa shape index (κ2) is 8.70. The maximum Gasteiger partial charge on any atom is 0.149 e. The Morgan fingerprint density at radius 2 is 1.66 bits per heavy atom. The molecule has 38 heavy (non-hydrogen) atoms. The van der Waals surface area contributed by atoms with Crippen molar-refractivity contribution in [1.82, 2.24) is 14.5 Å². The molecule has 7 aromatic rings. The van der Waals surface area contributed by atoms with Crippen LogP contribution in [0.4, 0.5) is 0 Å². The zero-order valence-corrected chi connectivity index (χ0v) is 21.6. The van der Waals surface area contributed by atoms with Gasteiger partial charge in [0.05, 0.1) is 23.0 Å². The normalized spacial score (nSPS) is 11.8. The Labute approximate surface area is 221 Å². The van der Waals surface area contributed by atoms with E-state index in [9.17, 15) is 0 Å². The summed E-state index contributed by atoms with van der Waals surface area (Å²) in [5.41, 5.74) is 10.6. The van der Waals surface area contributed by atoms with Crippen LogP contribution in [0.2, 0.25) is 0 Å². The minimum atomic E-state index is 0.311. The molecular weight excluding hydrogens is 466 g/mol. The number of aryl methyl sites for hydroxylation is 1. The molecule has 0 aliphatic heterocycles. The van der Waals surface area contributed by atoms with Gasteiger partial charge in [-0.2, -0.15) is 0 Å². The SMILES string of the molecule is Cc1ccc2oc3c(-c4nc5cnccc5n4-c4ccc(-c5ccccc5)cc4C(C)C)cccc3c2c1. The predicted octanol–water partition coefficient (Wildman–Crippen LogP) is 9.09. The van der Waals surface area contributed by atoms with Crippen molar-refractivity contribution >= 4 is 33.0 Å². The van der Waals surface area contributed by atoms with Crippen LogP contribution in [0.5, 0.6) is 0 Å². The number of rotatable bonds is 4. The first-order valence-corrected chi connectivity index (χ1v) is 13.0. The number of para-hydroxylation sites is 1. The third kappa shape index (κ3) is 3.52. The standard InChI is InChI=1S/C34H27N3O/c1-21(2)27-19-24(23-8-5-4-6-9-23)13-14-30(27)37-31-16-17-35-20-29(31)36-34(37)26-11-7-10-25-28-18-22(3)12-15-32(28)38-33(25)26/h4-21H,1-3H3. The molecule has 0 aliphatic rings. The van der Waals surface area contributed by atoms with Crippen molar-refractivity contribution < 1.29 is 4.42 Å². The Kier molecular flexibility index (Phi) is 5.15. The van der Waals surface area contributed by atoms with Gasteiger partial charge in [0, 0.05) is 17.0 Å². The molecule has 0 radical (unpaired) electrons. The first-order chi connectivity index (χ1) is 18.6. The van der Waals surface area contributed by atoms with Gasteiger partial charge in [-0.15, -0.1) is 0 Å². The molecule has 7 rings (SSSR count). The van der Waals surface area contributed by atoms with E-state index in [-0.39, 0.29) is 0 Å². The Morgan fingerprint density at radius 3 is 2.50 bits per heavy atom. The van der Waals surface area contributed by atoms with Gasteiger partial charge in [0.2, 0.25) is 0 Å². The van der Waals surface area contributed by atoms with Gasteiger partial charge in [0.1, 0.15) is 22.5 Å². The summed E-state index contributed by atoms with van der Waals surface area (Å²) in [5.74, 6) is 1.16. The molecule has 3 heterocycles. The van der Waals surface area contributed by atoms with Gasteiger partial charge >= 0.3 is 0 Å². The Hall–Kier alpha value is -4.70. The van der Waals surface area contributed by atoms with Gasteiger partial charge < -0.3 is 4.42 Å². The monoisotopic (exact) mass is 493 g/mol. The van der Waals surface area contributed by atoms with Crippen molar-refractivity contribution in [3.05, 3.63) is 115 Å². The molecule has 0 fully saturated rings. The predicted molar refractivity (Wildman–Crippen MR) is 156 cm³/mol. The third-order valence-electron chi connectivity index (χ3n) is 7.35. The second-order valence-corrected chi connectivity index (χ2v) is 10.2. The van der Waals surface area contributed by atoms with Gasteiger partial charge in [-0.1, -0.05) is 74.0 Å². The lowest BCUT2D eigenvalue weighted by molar-refractivity contribution is 0.669. The highest BCUT2D eigenvalue weighted by molar-refractivity contribution is 6.09. The quantitative estimate of drug-likeness (QED) is 0.246. The largest absolute Gasteiger partial charge is 0.455 e. The zero-order chi connectivity index (χ0) is 25.8. The fourth-order valence-electron chi connectivity index (χ4n) is 5.48. The summed E-state index contributed by atoms with van der Waals surface area (Å²) < 4.78 is 8.74. The highest BCUT2D eigenvalue weighted by Gasteiger charge is 2.22. The van der Waals surface area contributed by atoms with Gasteiger partial charge in [0.25, 0.3) is 0 Å². The first kappa shape index (κ1) is 22.5. The van der Waals surface area contributed by atoms with E-state index in [1.807, 2.05) is 18.5 Å². The van der Waals surface area contributed by atoms with E-state index in [4.69, 9.17) is 9.40 Å². The molecule has 0 atom stereocenters. The third-order valence-corrected chi connectivity index (χ3v) is 7.35. The fraction of sp³-hybridized carbons (Fsp3) is 0.118. The molecule has 0 aliphatic carbocycles. The van der Waals surface area contributed by atoms with Crippen LogP contribution in [-0.2, 0) is 0 Å². The summed E-state index contributed by atoms with van der Waals surface area (Å²) in [6.07, 6.45) is 3.67. The molecule has 0 N–H and O–H groups in total. The zero-order valence-electron chi connectivity index (χ0n) is 21.6. The summed E-state index contributed by atoms with van der Waals surface area (Å²) >= 11 is 0. The molecule has 0 amide bonds. The van der Waals surface area contributed by atoms with Crippen LogP contribution < -0.4 is 0 Å². The van der Waals surface area contributed by atoms with E-state index in [1.54, 1.807) is 0 Å². The lowest BCUT2D eigenvalue weighted by atomic mass is 9.95. The van der Waals surface area contributed by atoms with Gasteiger partial charge in [-0.25, -0.2) is 4.98 Å². The van der Waals surface area contributed by atoms with Gasteiger partial charge in [-0.3, -0.25) is 9.55 Å². The molecule has 4 heteroatoms. The maximum atomic E-state index is 6.47. The summed E-state index contributed by atoms with van der Waals surface area (Å²) in [5, 5.41) is 2.22. The number of aromatic nitrogens is 3. The minimum Gasteiger partial charge on any atom is -0.455 e. The highest BCUT2D eigenvalue weighted by atomic mass is 16.3. The van der Waals surface area contributed by atoms with E-state index in [0.29, 0.717) is 5.92 Å². The number of imidazole rings is 1. The van der Waals surface area contributed by atoms with E-state index in [0.717, 1.165) is 50.0 Å². The summed E-state index contributed by atoms with van der Waals surface area (Å²) in [6, 6.07) is 32.0. The number of fused-ring (bicyclic) bond motifs is 4. The molecule has 0 saturated heterocycles. The number of benzene rings is 4. The van der Waals surface area contributed by atoms with Crippen molar-refractivity contribution in [3.63, 3.8) is 0 Å². The van der Waals surface area contributed by atoms with Crippen molar-refractivity contribution in [2.24, 2.45) is 0 Å². The average molecular weight is 494 g/mol. The van der Waals surface area contributed by atoms with Crippen molar-refractivity contribution in [2.75, 3.05) is 0 Å². The van der Waals surface area contributed by atoms with Gasteiger partial charge in [-0.05, 0) is 65.9 Å². The summed E-state index contributed by atoms with van der Waals surface area (Å²) in [6.45, 7) is 6.60. The molecular formula is C34H27N3O. The van der Waals surface area contributed by atoms with E-state index < -0.39 is 0 Å². The minimum absolute atomic E-state index is 0.311. The first-order valence-electron chi connectivity index (χ1n) is 13.0. The smallest absolute Gasteiger partial charge is 0.149 e. The van der Waals surface area contributed by atoms with Crippen LogP contribution in [0.15, 0.2) is 108 Å². The Balaban J connectivity index is 1.53. The van der Waals surface area contributed by atoms with Crippen molar-refractivity contribution in [3.8, 4) is 28.2 Å². The molecule has 4 nitrogen and oxygen atoms in total. The molecule has 0 unspecified atom stereocenters. The average Bonchev–Trinajstić information content (AvgIpc) is 3.51. The van der Waals surface area contributed by atoms with Crippen LogP contribution in [0.3, 0.4) is 0 Å². The van der Waals surface area contributed by atoms with Gasteiger partial charge in [0.15, 0.2) is 0 Å². The Morgan fingerprint density at radius 1 is 0.789 bits per heavy atom. The van der Waals surface area contributed by atoms with Crippen molar-refractivity contribution in [2.45, 2.75) is 26.7 Å². The molecule has 0 bridgehead atoms. The Bertz CT molecular complexity index is 1960. The van der Waals surface area contributed by atoms with Crippen LogP contribution in [-0.4, -0.2) is 14.5 Å². The number of furan rings is 1.